The highest BCUT2D eigenvalue weighted by Gasteiger charge is 2.22. The zero-order chi connectivity index (χ0) is 14.8. The highest BCUT2D eigenvalue weighted by Crippen LogP contribution is 2.25. The van der Waals surface area contributed by atoms with Crippen LogP contribution in [0.5, 0.6) is 0 Å². The Balaban J connectivity index is 1.77. The normalized spacial score (nSPS) is 20.3. The minimum Gasteiger partial charge on any atom is -0.308 e. The Morgan fingerprint density at radius 3 is 3.14 bits per heavy atom. The smallest absolute Gasteiger partial charge is 0.152 e. The topological polar surface area (TPSA) is 70.3 Å². The molecule has 6 nitrogen and oxygen atoms in total. The van der Waals surface area contributed by atoms with Gasteiger partial charge in [0.1, 0.15) is 10.7 Å². The maximum absolute atomic E-state index is 5.58. The minimum atomic E-state index is 0.570. The van der Waals surface area contributed by atoms with Gasteiger partial charge >= 0.3 is 0 Å². The highest BCUT2D eigenvalue weighted by molar-refractivity contribution is 7.16. The van der Waals surface area contributed by atoms with Crippen molar-refractivity contribution in [2.45, 2.75) is 25.4 Å². The number of hydrogen-bond donors (Lipinski definition) is 2. The summed E-state index contributed by atoms with van der Waals surface area (Å²) in [7, 11) is 4.34. The molecule has 2 aromatic heterocycles. The summed E-state index contributed by atoms with van der Waals surface area (Å²) in [6.07, 6.45) is 2.50. The van der Waals surface area contributed by atoms with Gasteiger partial charge in [-0.05, 0) is 44.9 Å². The first kappa shape index (κ1) is 14.6. The Bertz CT molecular complexity index is 613. The number of piperidine rings is 1. The van der Waals surface area contributed by atoms with Crippen LogP contribution in [-0.2, 0) is 6.54 Å². The number of thiophene rings is 1. The van der Waals surface area contributed by atoms with Crippen LogP contribution in [0.4, 0.5) is 5.82 Å². The predicted octanol–water partition coefficient (Wildman–Crippen LogP) is 1.50. The number of nitrogens with one attached hydrogen (secondary N) is 1. The van der Waals surface area contributed by atoms with Gasteiger partial charge in [0.2, 0.25) is 0 Å². The fraction of sp³-hybridized carbons (Fsp3) is 0.571. The first-order valence-corrected chi connectivity index (χ1v) is 8.15. The lowest BCUT2D eigenvalue weighted by Gasteiger charge is -2.35. The van der Waals surface area contributed by atoms with Crippen LogP contribution in [0.15, 0.2) is 11.4 Å². The van der Waals surface area contributed by atoms with Gasteiger partial charge in [-0.2, -0.15) is 0 Å². The summed E-state index contributed by atoms with van der Waals surface area (Å²) in [5, 5.41) is 3.01. The molecule has 114 valence electrons. The van der Waals surface area contributed by atoms with Crippen molar-refractivity contribution in [3.8, 4) is 0 Å². The molecule has 1 fully saturated rings. The molecule has 1 saturated heterocycles. The van der Waals surface area contributed by atoms with Crippen LogP contribution in [0, 0.1) is 0 Å². The molecule has 1 aliphatic rings. The Labute approximate surface area is 128 Å². The zero-order valence-electron chi connectivity index (χ0n) is 12.5. The van der Waals surface area contributed by atoms with E-state index in [4.69, 9.17) is 5.84 Å². The van der Waals surface area contributed by atoms with Gasteiger partial charge in [-0.1, -0.05) is 0 Å². The monoisotopic (exact) mass is 306 g/mol. The third-order valence-corrected chi connectivity index (χ3v) is 4.93. The molecule has 21 heavy (non-hydrogen) atoms. The van der Waals surface area contributed by atoms with E-state index in [0.29, 0.717) is 11.9 Å². The molecule has 1 atom stereocenters. The second-order valence-electron chi connectivity index (χ2n) is 5.75. The Hall–Kier alpha value is -1.28. The summed E-state index contributed by atoms with van der Waals surface area (Å²) >= 11 is 1.62. The molecule has 3 rings (SSSR count). The van der Waals surface area contributed by atoms with Crippen LogP contribution in [0.25, 0.3) is 10.2 Å². The Kier molecular flexibility index (Phi) is 4.34. The van der Waals surface area contributed by atoms with Gasteiger partial charge in [-0.15, -0.1) is 11.3 Å². The number of nitrogens with two attached hydrogens (primary N) is 1. The molecule has 1 aliphatic heterocycles. The molecule has 0 radical (unpaired) electrons. The molecular formula is C14H22N6S. The number of nitrogens with zero attached hydrogens (tertiary/aromatic N) is 4. The van der Waals surface area contributed by atoms with Gasteiger partial charge in [-0.3, -0.25) is 4.90 Å². The molecule has 1 unspecified atom stereocenters. The minimum absolute atomic E-state index is 0.570. The van der Waals surface area contributed by atoms with Crippen molar-refractivity contribution in [2.24, 2.45) is 5.84 Å². The number of likely N-dealkylation sites (N-methyl/N-ethyl adjacent to an activating group) is 2. The fourth-order valence-electron chi connectivity index (χ4n) is 2.93. The van der Waals surface area contributed by atoms with E-state index in [2.05, 4.69) is 39.3 Å². The number of hydrazine groups is 1. The van der Waals surface area contributed by atoms with Crippen molar-refractivity contribution >= 4 is 27.4 Å². The summed E-state index contributed by atoms with van der Waals surface area (Å²) < 4.78 is 0. The van der Waals surface area contributed by atoms with E-state index in [9.17, 15) is 0 Å². The molecule has 3 N–H and O–H groups in total. The van der Waals surface area contributed by atoms with Crippen LogP contribution in [0.2, 0.25) is 0 Å². The van der Waals surface area contributed by atoms with Crippen molar-refractivity contribution in [3.63, 3.8) is 0 Å². The van der Waals surface area contributed by atoms with Crippen LogP contribution in [0.3, 0.4) is 0 Å². The van der Waals surface area contributed by atoms with Crippen LogP contribution in [0.1, 0.15) is 18.7 Å². The van der Waals surface area contributed by atoms with E-state index in [0.717, 1.165) is 29.1 Å². The van der Waals surface area contributed by atoms with Crippen molar-refractivity contribution in [1.29, 1.82) is 0 Å². The number of anilines is 1. The fourth-order valence-corrected chi connectivity index (χ4v) is 3.71. The standard InChI is InChI=1S/C14H22N6S/c1-19-6-3-4-10(8-19)20(2)9-12-16-13(18-15)11-5-7-21-14(11)17-12/h5,7,10H,3-4,6,8-9,15H2,1-2H3,(H,16,17,18). The number of aromatic nitrogens is 2. The van der Waals surface area contributed by atoms with Gasteiger partial charge in [-0.25, -0.2) is 15.8 Å². The number of nitrogen functional groups attached to an aromatic ring is 1. The van der Waals surface area contributed by atoms with Crippen molar-refractivity contribution in [1.82, 2.24) is 19.8 Å². The lowest BCUT2D eigenvalue weighted by Crippen LogP contribution is -2.44. The molecule has 2 aromatic rings. The zero-order valence-corrected chi connectivity index (χ0v) is 13.4. The van der Waals surface area contributed by atoms with Gasteiger partial charge in [0.25, 0.3) is 0 Å². The quantitative estimate of drug-likeness (QED) is 0.659. The van der Waals surface area contributed by atoms with E-state index < -0.39 is 0 Å². The van der Waals surface area contributed by atoms with Crippen molar-refractivity contribution in [3.05, 3.63) is 17.3 Å². The average molecular weight is 306 g/mol. The average Bonchev–Trinajstić information content (AvgIpc) is 2.94. The van der Waals surface area contributed by atoms with E-state index >= 15 is 0 Å². The number of hydrogen-bond acceptors (Lipinski definition) is 7. The Morgan fingerprint density at radius 1 is 1.52 bits per heavy atom. The molecule has 0 bridgehead atoms. The molecule has 0 amide bonds. The lowest BCUT2D eigenvalue weighted by atomic mass is 10.1. The second kappa shape index (κ2) is 6.23. The largest absolute Gasteiger partial charge is 0.308 e. The van der Waals surface area contributed by atoms with Gasteiger partial charge in [0.15, 0.2) is 5.82 Å². The summed E-state index contributed by atoms with van der Waals surface area (Å²) in [5.41, 5.74) is 2.69. The van der Waals surface area contributed by atoms with E-state index in [1.807, 2.05) is 11.4 Å². The molecule has 3 heterocycles. The third-order valence-electron chi connectivity index (χ3n) is 4.12. The predicted molar refractivity (Wildman–Crippen MR) is 87.2 cm³/mol. The summed E-state index contributed by atoms with van der Waals surface area (Å²) in [5.74, 6) is 7.12. The van der Waals surface area contributed by atoms with E-state index in [1.165, 1.54) is 19.4 Å². The second-order valence-corrected chi connectivity index (χ2v) is 6.64. The SMILES string of the molecule is CN1CCCC(N(C)Cc2nc(NN)c3ccsc3n2)C1. The Morgan fingerprint density at radius 2 is 2.38 bits per heavy atom. The molecule has 0 spiro atoms. The molecule has 7 heteroatoms. The maximum Gasteiger partial charge on any atom is 0.152 e. The highest BCUT2D eigenvalue weighted by atomic mass is 32.1. The van der Waals surface area contributed by atoms with E-state index in [-0.39, 0.29) is 0 Å². The molecule has 0 aliphatic carbocycles. The van der Waals surface area contributed by atoms with Crippen LogP contribution < -0.4 is 11.3 Å². The van der Waals surface area contributed by atoms with Gasteiger partial charge in [0, 0.05) is 12.6 Å². The number of likely N-dealkylation sites (tertiary alicyclic amines) is 1. The van der Waals surface area contributed by atoms with Crippen molar-refractivity contribution < 1.29 is 0 Å². The van der Waals surface area contributed by atoms with Crippen LogP contribution >= 0.6 is 11.3 Å². The number of fused-ring (bicyclic) bond motifs is 1. The maximum atomic E-state index is 5.58. The summed E-state index contributed by atoms with van der Waals surface area (Å²) in [6.45, 7) is 3.06. The van der Waals surface area contributed by atoms with Crippen LogP contribution in [-0.4, -0.2) is 53.0 Å². The first-order valence-electron chi connectivity index (χ1n) is 7.27. The van der Waals surface area contributed by atoms with Gasteiger partial charge in [0.05, 0.1) is 11.9 Å². The number of rotatable bonds is 4. The third kappa shape index (κ3) is 3.16. The van der Waals surface area contributed by atoms with Gasteiger partial charge < -0.3 is 10.3 Å². The van der Waals surface area contributed by atoms with Crippen molar-refractivity contribution in [2.75, 3.05) is 32.6 Å². The molecular weight excluding hydrogens is 284 g/mol. The van der Waals surface area contributed by atoms with E-state index in [1.54, 1.807) is 11.3 Å². The summed E-state index contributed by atoms with van der Waals surface area (Å²) in [6, 6.07) is 2.57. The molecule has 0 saturated carbocycles. The summed E-state index contributed by atoms with van der Waals surface area (Å²) in [4.78, 5) is 14.9. The lowest BCUT2D eigenvalue weighted by molar-refractivity contribution is 0.127. The first-order chi connectivity index (χ1) is 10.2. The molecule has 0 aromatic carbocycles.